The highest BCUT2D eigenvalue weighted by Crippen LogP contribution is 2.18. The molecule has 19 heavy (non-hydrogen) atoms. The van der Waals surface area contributed by atoms with Crippen LogP contribution in [0.2, 0.25) is 0 Å². The lowest BCUT2D eigenvalue weighted by molar-refractivity contribution is 0.0995. The maximum absolute atomic E-state index is 12.1. The van der Waals surface area contributed by atoms with Crippen molar-refractivity contribution in [3.63, 3.8) is 0 Å². The fraction of sp³-hybridized carbons (Fsp3) is 0.467. The van der Waals surface area contributed by atoms with Crippen molar-refractivity contribution >= 4 is 17.1 Å². The van der Waals surface area contributed by atoms with Gasteiger partial charge in [0.1, 0.15) is 0 Å². The lowest BCUT2D eigenvalue weighted by Gasteiger charge is -2.12. The van der Waals surface area contributed by atoms with Gasteiger partial charge >= 0.3 is 0 Å². The fourth-order valence-electron chi connectivity index (χ4n) is 2.17. The maximum atomic E-state index is 12.1. The topological polar surface area (TPSA) is 34.9 Å². The lowest BCUT2D eigenvalue weighted by atomic mass is 10.2. The summed E-state index contributed by atoms with van der Waals surface area (Å²) in [4.78, 5) is 14.1. The Morgan fingerprint density at radius 2 is 2.05 bits per heavy atom. The van der Waals surface area contributed by atoms with Crippen molar-refractivity contribution in [2.24, 2.45) is 0 Å². The van der Waals surface area contributed by atoms with Gasteiger partial charge in [-0.25, -0.2) is 0 Å². The lowest BCUT2D eigenvalue weighted by Crippen LogP contribution is -2.09. The van der Waals surface area contributed by atoms with Crippen LogP contribution in [0.15, 0.2) is 24.4 Å². The number of Topliss-reactive ketones (excluding diaryl/α,β-unsaturated/α-hetero) is 1. The van der Waals surface area contributed by atoms with Crippen LogP contribution in [0.3, 0.4) is 0 Å². The predicted molar refractivity (Wildman–Crippen MR) is 78.9 cm³/mol. The van der Waals surface area contributed by atoms with Crippen LogP contribution in [-0.4, -0.2) is 15.6 Å². The molecule has 0 saturated carbocycles. The molecule has 0 fully saturated rings. The van der Waals surface area contributed by atoms with E-state index in [1.165, 1.54) is 4.88 Å². The van der Waals surface area contributed by atoms with Crippen LogP contribution < -0.4 is 0 Å². The zero-order chi connectivity index (χ0) is 13.8. The van der Waals surface area contributed by atoms with Gasteiger partial charge in [-0.15, -0.1) is 11.3 Å². The summed E-state index contributed by atoms with van der Waals surface area (Å²) in [5, 5.41) is 4.53. The summed E-state index contributed by atoms with van der Waals surface area (Å²) >= 11 is 1.55. The van der Waals surface area contributed by atoms with Gasteiger partial charge in [-0.05, 0) is 38.0 Å². The number of thiophene rings is 1. The molecular formula is C15H20N2OS. The second kappa shape index (κ2) is 6.15. The minimum atomic E-state index is 0.160. The molecule has 0 aliphatic rings. The first kappa shape index (κ1) is 14.0. The Kier molecular flexibility index (Phi) is 4.53. The number of carbonyl (C=O) groups is 1. The molecule has 0 amide bonds. The third-order valence-electron chi connectivity index (χ3n) is 3.34. The summed E-state index contributed by atoms with van der Waals surface area (Å²) in [6, 6.07) is 6.28. The summed E-state index contributed by atoms with van der Waals surface area (Å²) in [5.41, 5.74) is 0.864. The molecule has 2 aromatic heterocycles. The molecule has 0 bridgehead atoms. The zero-order valence-electron chi connectivity index (χ0n) is 11.7. The smallest absolute Gasteiger partial charge is 0.178 e. The van der Waals surface area contributed by atoms with Gasteiger partial charge in [0.25, 0.3) is 0 Å². The molecule has 0 radical (unpaired) electrons. The fourth-order valence-corrected chi connectivity index (χ4v) is 2.98. The van der Waals surface area contributed by atoms with Crippen LogP contribution in [-0.2, 0) is 6.42 Å². The molecule has 3 nitrogen and oxygen atoms in total. The van der Waals surface area contributed by atoms with Gasteiger partial charge in [-0.1, -0.05) is 13.8 Å². The zero-order valence-corrected chi connectivity index (χ0v) is 12.5. The van der Waals surface area contributed by atoms with Crippen LogP contribution in [0.4, 0.5) is 0 Å². The Balaban J connectivity index is 2.06. The second-order valence-corrected chi connectivity index (χ2v) is 6.06. The quantitative estimate of drug-likeness (QED) is 0.746. The molecule has 0 aliphatic heterocycles. The van der Waals surface area contributed by atoms with Crippen molar-refractivity contribution in [1.82, 2.24) is 9.78 Å². The van der Waals surface area contributed by atoms with Gasteiger partial charge < -0.3 is 0 Å². The Hall–Kier alpha value is -1.42. The van der Waals surface area contributed by atoms with Crippen LogP contribution >= 0.6 is 11.3 Å². The van der Waals surface area contributed by atoms with Crippen LogP contribution in [0.1, 0.15) is 53.0 Å². The number of hydrogen-bond donors (Lipinski definition) is 0. The van der Waals surface area contributed by atoms with Crippen LogP contribution in [0.5, 0.6) is 0 Å². The highest BCUT2D eigenvalue weighted by molar-refractivity contribution is 7.14. The highest BCUT2D eigenvalue weighted by atomic mass is 32.1. The summed E-state index contributed by atoms with van der Waals surface area (Å²) in [6.07, 6.45) is 4.51. The largest absolute Gasteiger partial charge is 0.293 e. The highest BCUT2D eigenvalue weighted by Gasteiger charge is 2.13. The molecule has 2 rings (SSSR count). The van der Waals surface area contributed by atoms with E-state index in [1.54, 1.807) is 11.3 Å². The number of ketones is 1. The van der Waals surface area contributed by atoms with Crippen molar-refractivity contribution < 1.29 is 4.79 Å². The van der Waals surface area contributed by atoms with Gasteiger partial charge in [0.2, 0.25) is 0 Å². The van der Waals surface area contributed by atoms with Gasteiger partial charge in [-0.2, -0.15) is 5.10 Å². The molecule has 0 spiro atoms. The number of rotatable bonds is 6. The summed E-state index contributed by atoms with van der Waals surface area (Å²) in [6.45, 7) is 6.34. The molecular weight excluding hydrogens is 256 g/mol. The van der Waals surface area contributed by atoms with Crippen LogP contribution in [0.25, 0.3) is 0 Å². The Morgan fingerprint density at radius 1 is 1.32 bits per heavy atom. The summed E-state index contributed by atoms with van der Waals surface area (Å²) in [7, 11) is 0. The SMILES string of the molecule is CCC(CC)n1ccc(CC(=O)c2ccc(C)s2)n1. The first-order valence-corrected chi connectivity index (χ1v) is 7.59. The normalized spacial score (nSPS) is 11.2. The Morgan fingerprint density at radius 3 is 2.63 bits per heavy atom. The van der Waals surface area contributed by atoms with Gasteiger partial charge in [0, 0.05) is 11.1 Å². The number of aryl methyl sites for hydroxylation is 1. The molecule has 0 saturated heterocycles. The van der Waals surface area contributed by atoms with E-state index in [0.29, 0.717) is 12.5 Å². The molecule has 2 aromatic rings. The minimum absolute atomic E-state index is 0.160. The Bertz CT molecular complexity index is 552. The van der Waals surface area contributed by atoms with Crippen molar-refractivity contribution in [3.8, 4) is 0 Å². The maximum Gasteiger partial charge on any atom is 0.178 e. The van der Waals surface area contributed by atoms with E-state index in [1.807, 2.05) is 36.0 Å². The third kappa shape index (κ3) is 3.32. The first-order chi connectivity index (χ1) is 9.13. The van der Waals surface area contributed by atoms with Crippen molar-refractivity contribution in [3.05, 3.63) is 39.8 Å². The van der Waals surface area contributed by atoms with Crippen molar-refractivity contribution in [2.45, 2.75) is 46.1 Å². The van der Waals surface area contributed by atoms with Crippen molar-refractivity contribution in [1.29, 1.82) is 0 Å². The van der Waals surface area contributed by atoms with Gasteiger partial charge in [-0.3, -0.25) is 9.48 Å². The van der Waals surface area contributed by atoms with Gasteiger partial charge in [0.15, 0.2) is 5.78 Å². The number of hydrogen-bond acceptors (Lipinski definition) is 3. The Labute approximate surface area is 118 Å². The standard InChI is InChI=1S/C15H20N2OS/c1-4-13(5-2)17-9-8-12(16-17)10-14(18)15-7-6-11(3)19-15/h6-9,13H,4-5,10H2,1-3H3. The average Bonchev–Trinajstić information content (AvgIpc) is 3.00. The first-order valence-electron chi connectivity index (χ1n) is 6.77. The van der Waals surface area contributed by atoms with E-state index >= 15 is 0 Å². The van der Waals surface area contributed by atoms with E-state index < -0.39 is 0 Å². The van der Waals surface area contributed by atoms with E-state index in [0.717, 1.165) is 23.4 Å². The summed E-state index contributed by atoms with van der Waals surface area (Å²) < 4.78 is 1.99. The average molecular weight is 276 g/mol. The predicted octanol–water partition coefficient (Wildman–Crippen LogP) is 4.04. The molecule has 0 aromatic carbocycles. The molecule has 102 valence electrons. The van der Waals surface area contributed by atoms with E-state index in [4.69, 9.17) is 0 Å². The number of nitrogens with zero attached hydrogens (tertiary/aromatic N) is 2. The monoisotopic (exact) mass is 276 g/mol. The number of carbonyl (C=O) groups excluding carboxylic acids is 1. The van der Waals surface area contributed by atoms with Crippen LogP contribution in [0, 0.1) is 6.92 Å². The van der Waals surface area contributed by atoms with E-state index in [-0.39, 0.29) is 5.78 Å². The molecule has 0 atom stereocenters. The molecule has 4 heteroatoms. The molecule has 0 unspecified atom stereocenters. The molecule has 0 aliphatic carbocycles. The summed E-state index contributed by atoms with van der Waals surface area (Å²) in [5.74, 6) is 0.160. The second-order valence-electron chi connectivity index (χ2n) is 4.77. The van der Waals surface area contributed by atoms with E-state index in [9.17, 15) is 4.79 Å². The van der Waals surface area contributed by atoms with E-state index in [2.05, 4.69) is 18.9 Å². The molecule has 2 heterocycles. The third-order valence-corrected chi connectivity index (χ3v) is 4.38. The number of aromatic nitrogens is 2. The minimum Gasteiger partial charge on any atom is -0.293 e. The molecule has 0 N–H and O–H groups in total. The van der Waals surface area contributed by atoms with Crippen molar-refractivity contribution in [2.75, 3.05) is 0 Å². The van der Waals surface area contributed by atoms with Gasteiger partial charge in [0.05, 0.1) is 23.0 Å².